The number of ether oxygens (including phenoxy) is 1. The lowest BCUT2D eigenvalue weighted by Crippen LogP contribution is -2.42. The van der Waals surface area contributed by atoms with E-state index in [1.807, 2.05) is 12.1 Å². The smallest absolute Gasteiger partial charge is 0.214 e. The van der Waals surface area contributed by atoms with Gasteiger partial charge < -0.3 is 10.5 Å². The summed E-state index contributed by atoms with van der Waals surface area (Å²) in [5.41, 5.74) is 6.70. The number of methoxy groups -OCH3 is 1. The number of sulfonamides is 1. The predicted molar refractivity (Wildman–Crippen MR) is 74.2 cm³/mol. The zero-order valence-electron chi connectivity index (χ0n) is 11.3. The van der Waals surface area contributed by atoms with Crippen LogP contribution in [0.3, 0.4) is 0 Å². The summed E-state index contributed by atoms with van der Waals surface area (Å²) in [4.78, 5) is 3.89. The maximum Gasteiger partial charge on any atom is 0.214 e. The van der Waals surface area contributed by atoms with Crippen molar-refractivity contribution in [1.82, 2.24) is 9.29 Å². The Morgan fingerprint density at radius 2 is 2.05 bits per heavy atom. The quantitative estimate of drug-likeness (QED) is 0.719. The summed E-state index contributed by atoms with van der Waals surface area (Å²) in [6.07, 6.45) is 3.77. The number of nitrogens with two attached hydrogens (primary N) is 1. The van der Waals surface area contributed by atoms with Crippen LogP contribution in [0.15, 0.2) is 24.5 Å². The summed E-state index contributed by atoms with van der Waals surface area (Å²) in [5, 5.41) is 0. The van der Waals surface area contributed by atoms with Crippen molar-refractivity contribution >= 4 is 10.0 Å². The molecular weight excluding hydrogens is 266 g/mol. The van der Waals surface area contributed by atoms with E-state index in [2.05, 4.69) is 4.98 Å². The summed E-state index contributed by atoms with van der Waals surface area (Å²) < 4.78 is 30.3. The average molecular weight is 287 g/mol. The molecule has 108 valence electrons. The molecule has 0 aliphatic rings. The second-order valence-electron chi connectivity index (χ2n) is 4.42. The number of pyridine rings is 1. The Bertz CT molecular complexity index is 464. The Hall–Kier alpha value is -1.02. The molecule has 2 N–H and O–H groups in total. The summed E-state index contributed by atoms with van der Waals surface area (Å²) in [6, 6.07) is 3.31. The molecule has 0 saturated carbocycles. The lowest BCUT2D eigenvalue weighted by Gasteiger charge is -2.20. The summed E-state index contributed by atoms with van der Waals surface area (Å²) in [7, 11) is -0.216. The zero-order valence-corrected chi connectivity index (χ0v) is 12.1. The molecule has 0 bridgehead atoms. The molecule has 0 saturated heterocycles. The third kappa shape index (κ3) is 5.65. The monoisotopic (exact) mass is 287 g/mol. The number of aryl methyl sites for hydroxylation is 1. The molecule has 1 atom stereocenters. The Kier molecular flexibility index (Phi) is 6.36. The van der Waals surface area contributed by atoms with E-state index < -0.39 is 10.0 Å². The van der Waals surface area contributed by atoms with Crippen LogP contribution in [-0.4, -0.2) is 56.8 Å². The lowest BCUT2D eigenvalue weighted by molar-refractivity contribution is 0.173. The first-order chi connectivity index (χ1) is 8.95. The number of nitrogens with zero attached hydrogens (tertiary/aromatic N) is 2. The number of hydrogen-bond donors (Lipinski definition) is 1. The fourth-order valence-electron chi connectivity index (χ4n) is 1.66. The molecule has 7 heteroatoms. The fourth-order valence-corrected chi connectivity index (χ4v) is 2.89. The second kappa shape index (κ2) is 7.54. The Balaban J connectivity index is 2.51. The third-order valence-corrected chi connectivity index (χ3v) is 4.56. The van der Waals surface area contributed by atoms with E-state index in [0.29, 0.717) is 13.0 Å². The highest BCUT2D eigenvalue weighted by atomic mass is 32.2. The second-order valence-corrected chi connectivity index (χ2v) is 6.61. The highest BCUT2D eigenvalue weighted by Gasteiger charge is 2.19. The first-order valence-corrected chi connectivity index (χ1v) is 7.64. The van der Waals surface area contributed by atoms with E-state index in [0.717, 1.165) is 5.56 Å². The van der Waals surface area contributed by atoms with Crippen LogP contribution in [-0.2, 0) is 21.2 Å². The first kappa shape index (κ1) is 16.0. The molecule has 0 amide bonds. The molecule has 0 fully saturated rings. The summed E-state index contributed by atoms with van der Waals surface area (Å²) in [5.74, 6) is 0.0627. The predicted octanol–water partition coefficient (Wildman–Crippen LogP) is -0.141. The van der Waals surface area contributed by atoms with Crippen molar-refractivity contribution in [1.29, 1.82) is 0 Å². The summed E-state index contributed by atoms with van der Waals surface area (Å²) >= 11 is 0. The van der Waals surface area contributed by atoms with Crippen LogP contribution < -0.4 is 5.73 Å². The van der Waals surface area contributed by atoms with Gasteiger partial charge in [0.05, 0.1) is 12.4 Å². The van der Waals surface area contributed by atoms with E-state index in [4.69, 9.17) is 10.5 Å². The minimum atomic E-state index is -3.29. The van der Waals surface area contributed by atoms with E-state index in [-0.39, 0.29) is 18.3 Å². The van der Waals surface area contributed by atoms with Crippen molar-refractivity contribution in [2.45, 2.75) is 12.5 Å². The van der Waals surface area contributed by atoms with Crippen LogP contribution in [0.25, 0.3) is 0 Å². The largest absolute Gasteiger partial charge is 0.383 e. The van der Waals surface area contributed by atoms with Crippen molar-refractivity contribution in [3.05, 3.63) is 30.1 Å². The fraction of sp³-hybridized carbons (Fsp3) is 0.583. The molecule has 0 aliphatic heterocycles. The normalized spacial score (nSPS) is 13.7. The van der Waals surface area contributed by atoms with Crippen LogP contribution in [0.5, 0.6) is 0 Å². The van der Waals surface area contributed by atoms with Gasteiger partial charge in [0.1, 0.15) is 0 Å². The van der Waals surface area contributed by atoms with E-state index in [9.17, 15) is 8.42 Å². The SMILES string of the molecule is COCC(N)CN(C)S(=O)(=O)CCc1ccncc1. The van der Waals surface area contributed by atoms with Crippen molar-refractivity contribution in [3.8, 4) is 0 Å². The Morgan fingerprint density at radius 1 is 1.42 bits per heavy atom. The molecule has 0 aliphatic carbocycles. The van der Waals surface area contributed by atoms with Gasteiger partial charge in [-0.15, -0.1) is 0 Å². The van der Waals surface area contributed by atoms with Crippen LogP contribution in [0.2, 0.25) is 0 Å². The number of likely N-dealkylation sites (N-methyl/N-ethyl adjacent to an activating group) is 1. The van der Waals surface area contributed by atoms with Crippen LogP contribution in [0, 0.1) is 0 Å². The zero-order chi connectivity index (χ0) is 14.3. The highest BCUT2D eigenvalue weighted by Crippen LogP contribution is 2.05. The molecule has 0 radical (unpaired) electrons. The highest BCUT2D eigenvalue weighted by molar-refractivity contribution is 7.89. The summed E-state index contributed by atoms with van der Waals surface area (Å²) in [6.45, 7) is 0.594. The maximum atomic E-state index is 12.1. The standard InChI is InChI=1S/C12H21N3O3S/c1-15(9-12(13)10-18-2)19(16,17)8-5-11-3-6-14-7-4-11/h3-4,6-7,12H,5,8-10,13H2,1-2H3. The van der Waals surface area contributed by atoms with Gasteiger partial charge >= 0.3 is 0 Å². The van der Waals surface area contributed by atoms with Crippen molar-refractivity contribution < 1.29 is 13.2 Å². The van der Waals surface area contributed by atoms with Crippen LogP contribution in [0.1, 0.15) is 5.56 Å². The average Bonchev–Trinajstić information content (AvgIpc) is 2.38. The molecule has 0 spiro atoms. The molecule has 1 unspecified atom stereocenters. The van der Waals surface area contributed by atoms with Crippen LogP contribution >= 0.6 is 0 Å². The number of aromatic nitrogens is 1. The van der Waals surface area contributed by atoms with E-state index >= 15 is 0 Å². The van der Waals surface area contributed by atoms with E-state index in [1.54, 1.807) is 12.4 Å². The molecular formula is C12H21N3O3S. The van der Waals surface area contributed by atoms with Gasteiger partial charge in [-0.2, -0.15) is 0 Å². The molecule has 1 rings (SSSR count). The number of rotatable bonds is 8. The molecule has 1 heterocycles. The lowest BCUT2D eigenvalue weighted by atomic mass is 10.2. The topological polar surface area (TPSA) is 85.5 Å². The van der Waals surface area contributed by atoms with Gasteiger partial charge in [-0.05, 0) is 24.1 Å². The van der Waals surface area contributed by atoms with Crippen molar-refractivity contribution in [2.24, 2.45) is 5.73 Å². The van der Waals surface area contributed by atoms with Gasteiger partial charge in [0, 0.05) is 39.1 Å². The Morgan fingerprint density at radius 3 is 2.63 bits per heavy atom. The van der Waals surface area contributed by atoms with E-state index in [1.165, 1.54) is 18.5 Å². The van der Waals surface area contributed by atoms with Gasteiger partial charge in [-0.25, -0.2) is 12.7 Å². The minimum absolute atomic E-state index is 0.0627. The molecule has 6 nitrogen and oxygen atoms in total. The Labute approximate surface area is 114 Å². The number of hydrogen-bond acceptors (Lipinski definition) is 5. The van der Waals surface area contributed by atoms with Gasteiger partial charge in [-0.1, -0.05) is 0 Å². The van der Waals surface area contributed by atoms with Crippen molar-refractivity contribution in [3.63, 3.8) is 0 Å². The molecule has 1 aromatic heterocycles. The van der Waals surface area contributed by atoms with Gasteiger partial charge in [-0.3, -0.25) is 4.98 Å². The van der Waals surface area contributed by atoms with Crippen LogP contribution in [0.4, 0.5) is 0 Å². The molecule has 1 aromatic rings. The van der Waals surface area contributed by atoms with Crippen molar-refractivity contribution in [2.75, 3.05) is 33.1 Å². The van der Waals surface area contributed by atoms with Gasteiger partial charge in [0.15, 0.2) is 0 Å². The minimum Gasteiger partial charge on any atom is -0.383 e. The molecule has 19 heavy (non-hydrogen) atoms. The van der Waals surface area contributed by atoms with Gasteiger partial charge in [0.25, 0.3) is 0 Å². The third-order valence-electron chi connectivity index (χ3n) is 2.75. The maximum absolute atomic E-state index is 12.1. The van der Waals surface area contributed by atoms with Gasteiger partial charge in [0.2, 0.25) is 10.0 Å². The molecule has 0 aromatic carbocycles. The first-order valence-electron chi connectivity index (χ1n) is 6.03.